The maximum absolute atomic E-state index is 8.92. The molecule has 2 rings (SSSR count). The summed E-state index contributed by atoms with van der Waals surface area (Å²) >= 11 is 0. The molecule has 1 radical (unpaired) electrons. The van der Waals surface area contributed by atoms with E-state index < -0.39 is 0 Å². The molecule has 3 heteroatoms. The molecule has 0 aliphatic carbocycles. The van der Waals surface area contributed by atoms with E-state index in [9.17, 15) is 0 Å². The number of hydrogen-bond donors (Lipinski definition) is 0. The predicted octanol–water partition coefficient (Wildman–Crippen LogP) is 1.76. The van der Waals surface area contributed by atoms with Gasteiger partial charge in [0.1, 0.15) is 11.9 Å². The third-order valence-corrected chi connectivity index (χ3v) is 2.41. The van der Waals surface area contributed by atoms with Gasteiger partial charge in [-0.3, -0.25) is 0 Å². The Balaban J connectivity index is 2.26. The molecule has 0 N–H and O–H groups in total. The maximum atomic E-state index is 8.92. The summed E-state index contributed by atoms with van der Waals surface area (Å²) in [4.78, 5) is 6.44. The summed E-state index contributed by atoms with van der Waals surface area (Å²) in [5, 5.41) is 8.92. The second-order valence-electron chi connectivity index (χ2n) is 3.34. The van der Waals surface area contributed by atoms with Crippen molar-refractivity contribution in [2.24, 2.45) is 0 Å². The highest BCUT2D eigenvalue weighted by atomic mass is 15.2. The molecule has 0 aromatic carbocycles. The summed E-state index contributed by atoms with van der Waals surface area (Å²) in [7, 11) is 0. The van der Waals surface area contributed by atoms with E-state index in [1.165, 1.54) is 0 Å². The van der Waals surface area contributed by atoms with Crippen molar-refractivity contribution >= 4 is 5.82 Å². The minimum atomic E-state index is 0.675. The molecule has 0 spiro atoms. The smallest absolute Gasteiger partial charge is 0.146 e. The quantitative estimate of drug-likeness (QED) is 0.671. The number of hydrogen-bond acceptors (Lipinski definition) is 3. The molecule has 0 amide bonds. The summed E-state index contributed by atoms with van der Waals surface area (Å²) in [5.74, 6) is 0.836. The topological polar surface area (TPSA) is 39.9 Å². The summed E-state index contributed by atoms with van der Waals surface area (Å²) < 4.78 is 0. The lowest BCUT2D eigenvalue weighted by Gasteiger charge is -2.27. The third kappa shape index (κ3) is 1.69. The fourth-order valence-electron chi connectivity index (χ4n) is 1.70. The normalized spacial score (nSPS) is 16.4. The zero-order valence-corrected chi connectivity index (χ0v) is 7.98. The van der Waals surface area contributed by atoms with Crippen molar-refractivity contribution in [2.75, 3.05) is 18.0 Å². The Morgan fingerprint density at radius 2 is 2.14 bits per heavy atom. The number of aromatic nitrogens is 1. The van der Waals surface area contributed by atoms with E-state index in [4.69, 9.17) is 5.26 Å². The average molecular weight is 186 g/mol. The minimum Gasteiger partial charge on any atom is -0.356 e. The van der Waals surface area contributed by atoms with Crippen LogP contribution in [-0.2, 0) is 0 Å². The molecule has 14 heavy (non-hydrogen) atoms. The Morgan fingerprint density at radius 1 is 1.36 bits per heavy atom. The van der Waals surface area contributed by atoms with Crippen molar-refractivity contribution in [2.45, 2.75) is 12.8 Å². The Morgan fingerprint density at radius 3 is 2.86 bits per heavy atom. The zero-order chi connectivity index (χ0) is 9.80. The van der Waals surface area contributed by atoms with Gasteiger partial charge in [0.15, 0.2) is 0 Å². The number of rotatable bonds is 1. The number of anilines is 1. The van der Waals surface area contributed by atoms with Crippen molar-refractivity contribution in [3.63, 3.8) is 0 Å². The number of nitriles is 1. The highest BCUT2D eigenvalue weighted by Gasteiger charge is 2.14. The van der Waals surface area contributed by atoms with Crippen LogP contribution in [0.4, 0.5) is 5.82 Å². The highest BCUT2D eigenvalue weighted by molar-refractivity contribution is 5.53. The maximum Gasteiger partial charge on any atom is 0.146 e. The fraction of sp³-hybridized carbons (Fsp3) is 0.364. The molecule has 1 aliphatic rings. The van der Waals surface area contributed by atoms with Crippen LogP contribution in [0.2, 0.25) is 0 Å². The first-order valence-electron chi connectivity index (χ1n) is 4.83. The van der Waals surface area contributed by atoms with Gasteiger partial charge in [-0.15, -0.1) is 0 Å². The number of pyridine rings is 1. The van der Waals surface area contributed by atoms with Crippen molar-refractivity contribution in [1.82, 2.24) is 4.98 Å². The Labute approximate surface area is 84.0 Å². The number of nitrogens with zero attached hydrogens (tertiary/aromatic N) is 3. The van der Waals surface area contributed by atoms with Crippen molar-refractivity contribution < 1.29 is 0 Å². The molecule has 2 heterocycles. The third-order valence-electron chi connectivity index (χ3n) is 2.41. The monoisotopic (exact) mass is 186 g/mol. The first kappa shape index (κ1) is 9.01. The van der Waals surface area contributed by atoms with Crippen LogP contribution in [0.15, 0.2) is 18.3 Å². The van der Waals surface area contributed by atoms with Crippen LogP contribution in [0.25, 0.3) is 0 Å². The fourth-order valence-corrected chi connectivity index (χ4v) is 1.70. The van der Waals surface area contributed by atoms with Crippen LogP contribution < -0.4 is 4.90 Å². The molecule has 71 valence electrons. The van der Waals surface area contributed by atoms with Crippen LogP contribution in [0.1, 0.15) is 18.4 Å². The van der Waals surface area contributed by atoms with E-state index in [-0.39, 0.29) is 0 Å². The molecule has 1 aromatic rings. The first-order chi connectivity index (χ1) is 6.92. The van der Waals surface area contributed by atoms with Gasteiger partial charge in [0.05, 0.1) is 5.56 Å². The summed E-state index contributed by atoms with van der Waals surface area (Å²) in [5.41, 5.74) is 0.675. The largest absolute Gasteiger partial charge is 0.356 e. The van der Waals surface area contributed by atoms with Gasteiger partial charge in [0.2, 0.25) is 0 Å². The SMILES string of the molecule is N#Cc1cccnc1N1CC[CH]CC1. The van der Waals surface area contributed by atoms with E-state index in [1.54, 1.807) is 12.3 Å². The first-order valence-corrected chi connectivity index (χ1v) is 4.83. The lowest BCUT2D eigenvalue weighted by atomic mass is 10.1. The van der Waals surface area contributed by atoms with E-state index in [0.717, 1.165) is 31.7 Å². The Bertz CT molecular complexity index is 348. The lowest BCUT2D eigenvalue weighted by molar-refractivity contribution is 0.670. The Kier molecular flexibility index (Phi) is 2.64. The summed E-state index contributed by atoms with van der Waals surface area (Å²) in [6, 6.07) is 5.80. The standard InChI is InChI=1S/C11H12N3/c12-9-10-5-4-6-13-11(10)14-7-2-1-3-8-14/h1,4-6H,2-3,7-8H2. The van der Waals surface area contributed by atoms with Gasteiger partial charge in [-0.1, -0.05) is 0 Å². The van der Waals surface area contributed by atoms with Gasteiger partial charge in [-0.05, 0) is 31.4 Å². The average Bonchev–Trinajstić information content (AvgIpc) is 2.30. The van der Waals surface area contributed by atoms with Gasteiger partial charge in [0.25, 0.3) is 0 Å². The molecule has 0 bridgehead atoms. The molecule has 1 saturated heterocycles. The second-order valence-corrected chi connectivity index (χ2v) is 3.34. The van der Waals surface area contributed by atoms with Crippen LogP contribution in [0, 0.1) is 17.8 Å². The molecular weight excluding hydrogens is 174 g/mol. The van der Waals surface area contributed by atoms with Gasteiger partial charge in [-0.2, -0.15) is 5.26 Å². The molecule has 3 nitrogen and oxygen atoms in total. The van der Waals surface area contributed by atoms with E-state index in [1.807, 2.05) is 6.07 Å². The van der Waals surface area contributed by atoms with E-state index in [0.29, 0.717) is 5.56 Å². The molecule has 1 aromatic heterocycles. The molecule has 0 unspecified atom stereocenters. The minimum absolute atomic E-state index is 0.675. The highest BCUT2D eigenvalue weighted by Crippen LogP contribution is 2.20. The molecule has 0 atom stereocenters. The Hall–Kier alpha value is -1.56. The van der Waals surface area contributed by atoms with Gasteiger partial charge in [0, 0.05) is 19.3 Å². The van der Waals surface area contributed by atoms with Gasteiger partial charge >= 0.3 is 0 Å². The van der Waals surface area contributed by atoms with Crippen LogP contribution in [-0.4, -0.2) is 18.1 Å². The molecular formula is C11H12N3. The summed E-state index contributed by atoms with van der Waals surface area (Å²) in [6.45, 7) is 1.96. The molecule has 1 aliphatic heterocycles. The van der Waals surface area contributed by atoms with Crippen molar-refractivity contribution in [1.29, 1.82) is 5.26 Å². The predicted molar refractivity (Wildman–Crippen MR) is 54.7 cm³/mol. The molecule has 0 saturated carbocycles. The summed E-state index contributed by atoms with van der Waals surface area (Å²) in [6.07, 6.45) is 6.20. The van der Waals surface area contributed by atoms with E-state index in [2.05, 4.69) is 22.4 Å². The van der Waals surface area contributed by atoms with Gasteiger partial charge < -0.3 is 4.90 Å². The van der Waals surface area contributed by atoms with E-state index >= 15 is 0 Å². The number of piperidine rings is 1. The van der Waals surface area contributed by atoms with Crippen molar-refractivity contribution in [3.05, 3.63) is 30.3 Å². The zero-order valence-electron chi connectivity index (χ0n) is 7.98. The second kappa shape index (κ2) is 4.10. The lowest BCUT2D eigenvalue weighted by Crippen LogP contribution is -2.31. The van der Waals surface area contributed by atoms with Crippen molar-refractivity contribution in [3.8, 4) is 6.07 Å². The van der Waals surface area contributed by atoms with Gasteiger partial charge in [-0.25, -0.2) is 4.98 Å². The van der Waals surface area contributed by atoms with Crippen LogP contribution >= 0.6 is 0 Å². The van der Waals surface area contributed by atoms with Crippen LogP contribution in [0.3, 0.4) is 0 Å². The molecule has 1 fully saturated rings. The van der Waals surface area contributed by atoms with Crippen LogP contribution in [0.5, 0.6) is 0 Å².